The highest BCUT2D eigenvalue weighted by atomic mass is 19.2. The Bertz CT molecular complexity index is 1200. The molecule has 0 radical (unpaired) electrons. The number of hydrogen-bond donors (Lipinski definition) is 1. The van der Waals surface area contributed by atoms with Crippen molar-refractivity contribution in [2.24, 2.45) is 5.73 Å². The number of halogens is 3. The molecule has 6 heteroatoms. The van der Waals surface area contributed by atoms with Crippen molar-refractivity contribution in [2.45, 2.75) is 13.5 Å². The van der Waals surface area contributed by atoms with Gasteiger partial charge in [-0.2, -0.15) is 0 Å². The van der Waals surface area contributed by atoms with Crippen molar-refractivity contribution < 1.29 is 18.0 Å². The summed E-state index contributed by atoms with van der Waals surface area (Å²) in [6.07, 6.45) is 0. The number of nitrogens with zero attached hydrogens (tertiary/aromatic N) is 1. The molecule has 0 atom stereocenters. The Hall–Kier alpha value is -3.28. The molecule has 1 heterocycles. The third-order valence-corrected chi connectivity index (χ3v) is 4.70. The van der Waals surface area contributed by atoms with Crippen molar-refractivity contribution in [1.29, 1.82) is 0 Å². The van der Waals surface area contributed by atoms with Crippen LogP contribution in [-0.2, 0) is 6.54 Å². The van der Waals surface area contributed by atoms with E-state index >= 15 is 0 Å². The first-order valence-corrected chi connectivity index (χ1v) is 8.31. The maximum Gasteiger partial charge on any atom is 0.249 e. The highest BCUT2D eigenvalue weighted by Gasteiger charge is 2.18. The fourth-order valence-corrected chi connectivity index (χ4v) is 3.51. The summed E-state index contributed by atoms with van der Waals surface area (Å²) in [5.41, 5.74) is 8.67. The summed E-state index contributed by atoms with van der Waals surface area (Å²) < 4.78 is 42.4. The monoisotopic (exact) mass is 368 g/mol. The lowest BCUT2D eigenvalue weighted by atomic mass is 10.1. The number of benzene rings is 3. The van der Waals surface area contributed by atoms with Crippen LogP contribution < -0.4 is 5.73 Å². The van der Waals surface area contributed by atoms with E-state index in [1.165, 1.54) is 0 Å². The number of hydrogen-bond acceptors (Lipinski definition) is 1. The van der Waals surface area contributed by atoms with Gasteiger partial charge in [0.2, 0.25) is 5.91 Å². The van der Waals surface area contributed by atoms with Crippen LogP contribution in [0.15, 0.2) is 48.5 Å². The predicted octanol–water partition coefficient (Wildman–Crippen LogP) is 4.67. The van der Waals surface area contributed by atoms with E-state index in [1.807, 2.05) is 35.8 Å². The Balaban J connectivity index is 2.03. The number of nitrogens with two attached hydrogens (primary N) is 1. The molecule has 0 unspecified atom stereocenters. The predicted molar refractivity (Wildman–Crippen MR) is 98.1 cm³/mol. The lowest BCUT2D eigenvalue weighted by Crippen LogP contribution is -2.11. The normalized spacial score (nSPS) is 11.4. The molecule has 0 aliphatic carbocycles. The molecule has 2 N–H and O–H groups in total. The molecule has 0 bridgehead atoms. The van der Waals surface area contributed by atoms with Gasteiger partial charge in [0.25, 0.3) is 0 Å². The maximum atomic E-state index is 13.6. The Labute approximate surface area is 152 Å². The second-order valence-corrected chi connectivity index (χ2v) is 6.54. The molecular weight excluding hydrogens is 353 g/mol. The zero-order valence-corrected chi connectivity index (χ0v) is 14.4. The number of fused-ring (bicyclic) bond motifs is 3. The molecule has 136 valence electrons. The second-order valence-electron chi connectivity index (χ2n) is 6.54. The lowest BCUT2D eigenvalue weighted by molar-refractivity contribution is 0.100. The number of carbonyl (C=O) groups excluding carboxylic acids is 1. The minimum absolute atomic E-state index is 0.111. The van der Waals surface area contributed by atoms with Gasteiger partial charge in [-0.1, -0.05) is 18.2 Å². The fourth-order valence-electron chi connectivity index (χ4n) is 3.51. The molecule has 1 amide bonds. The van der Waals surface area contributed by atoms with E-state index in [1.54, 1.807) is 12.1 Å². The summed E-state index contributed by atoms with van der Waals surface area (Å²) in [4.78, 5) is 11.9. The highest BCUT2D eigenvalue weighted by Crippen LogP contribution is 2.33. The van der Waals surface area contributed by atoms with E-state index in [9.17, 15) is 18.0 Å². The van der Waals surface area contributed by atoms with Crippen molar-refractivity contribution in [3.8, 4) is 0 Å². The number of aryl methyl sites for hydroxylation is 1. The Morgan fingerprint density at radius 1 is 1.00 bits per heavy atom. The van der Waals surface area contributed by atoms with Gasteiger partial charge in [-0.15, -0.1) is 0 Å². The quantitative estimate of drug-likeness (QED) is 0.525. The standard InChI is InChI=1S/C21H15F3N2O/c1-11-5-6-13-18(7-11)26(10-12-8-15(22)20(24)16(23)9-12)17-4-2-3-14(19(13)17)21(25)27/h2-9H,10H2,1H3,(H2,25,27). The molecule has 0 fully saturated rings. The average Bonchev–Trinajstić information content (AvgIpc) is 2.92. The first kappa shape index (κ1) is 17.1. The summed E-state index contributed by atoms with van der Waals surface area (Å²) >= 11 is 0. The van der Waals surface area contributed by atoms with Crippen LogP contribution in [0.1, 0.15) is 21.5 Å². The van der Waals surface area contributed by atoms with Gasteiger partial charge < -0.3 is 10.3 Å². The molecule has 0 aliphatic rings. The zero-order valence-electron chi connectivity index (χ0n) is 14.4. The first-order valence-electron chi connectivity index (χ1n) is 8.31. The van der Waals surface area contributed by atoms with Crippen LogP contribution in [0.3, 0.4) is 0 Å². The Morgan fingerprint density at radius 3 is 2.37 bits per heavy atom. The number of rotatable bonds is 3. The summed E-state index contributed by atoms with van der Waals surface area (Å²) in [6.45, 7) is 2.04. The smallest absolute Gasteiger partial charge is 0.249 e. The first-order chi connectivity index (χ1) is 12.9. The summed E-state index contributed by atoms with van der Waals surface area (Å²) in [6, 6.07) is 12.8. The molecule has 0 saturated heterocycles. The SMILES string of the molecule is Cc1ccc2c3c(C(N)=O)cccc3n(Cc3cc(F)c(F)c(F)c3)c2c1. The fraction of sp³-hybridized carbons (Fsp3) is 0.0952. The van der Waals surface area contributed by atoms with Crippen LogP contribution >= 0.6 is 0 Å². The lowest BCUT2D eigenvalue weighted by Gasteiger charge is -2.09. The third kappa shape index (κ3) is 2.73. The molecule has 4 aromatic rings. The van der Waals surface area contributed by atoms with Gasteiger partial charge in [-0.05, 0) is 48.4 Å². The zero-order chi connectivity index (χ0) is 19.3. The number of carbonyl (C=O) groups is 1. The van der Waals surface area contributed by atoms with E-state index in [0.29, 0.717) is 16.5 Å². The van der Waals surface area contributed by atoms with Crippen LogP contribution in [0.2, 0.25) is 0 Å². The van der Waals surface area contributed by atoms with Crippen LogP contribution in [0.4, 0.5) is 13.2 Å². The van der Waals surface area contributed by atoms with E-state index in [-0.39, 0.29) is 12.1 Å². The van der Waals surface area contributed by atoms with Crippen molar-refractivity contribution in [3.05, 3.63) is 82.7 Å². The van der Waals surface area contributed by atoms with Crippen molar-refractivity contribution in [3.63, 3.8) is 0 Å². The largest absolute Gasteiger partial charge is 0.366 e. The number of primary amides is 1. The van der Waals surface area contributed by atoms with Crippen molar-refractivity contribution in [1.82, 2.24) is 4.57 Å². The minimum atomic E-state index is -1.49. The van der Waals surface area contributed by atoms with Crippen molar-refractivity contribution >= 4 is 27.7 Å². The van der Waals surface area contributed by atoms with Crippen LogP contribution in [0.5, 0.6) is 0 Å². The Morgan fingerprint density at radius 2 is 1.70 bits per heavy atom. The summed E-state index contributed by atoms with van der Waals surface area (Å²) in [7, 11) is 0. The van der Waals surface area contributed by atoms with Gasteiger partial charge in [-0.3, -0.25) is 4.79 Å². The van der Waals surface area contributed by atoms with Gasteiger partial charge in [0.1, 0.15) is 0 Å². The van der Waals surface area contributed by atoms with Gasteiger partial charge in [0.15, 0.2) is 17.5 Å². The Kier molecular flexibility index (Phi) is 3.91. The topological polar surface area (TPSA) is 48.0 Å². The molecule has 0 saturated carbocycles. The molecule has 4 rings (SSSR count). The molecule has 0 aliphatic heterocycles. The molecule has 0 spiro atoms. The van der Waals surface area contributed by atoms with Gasteiger partial charge in [0.05, 0.1) is 5.52 Å². The molecular formula is C21H15F3N2O. The van der Waals surface area contributed by atoms with Crippen molar-refractivity contribution in [2.75, 3.05) is 0 Å². The van der Waals surface area contributed by atoms with Gasteiger partial charge in [-0.25, -0.2) is 13.2 Å². The van der Waals surface area contributed by atoms with Crippen LogP contribution in [-0.4, -0.2) is 10.5 Å². The molecule has 27 heavy (non-hydrogen) atoms. The minimum Gasteiger partial charge on any atom is -0.366 e. The van der Waals surface area contributed by atoms with E-state index in [4.69, 9.17) is 5.73 Å². The molecule has 3 nitrogen and oxygen atoms in total. The highest BCUT2D eigenvalue weighted by molar-refractivity contribution is 6.17. The molecule has 1 aromatic heterocycles. The average molecular weight is 368 g/mol. The van der Waals surface area contributed by atoms with E-state index in [2.05, 4.69) is 0 Å². The van der Waals surface area contributed by atoms with E-state index in [0.717, 1.165) is 28.6 Å². The maximum absolute atomic E-state index is 13.6. The molecule has 3 aromatic carbocycles. The second kappa shape index (κ2) is 6.16. The van der Waals surface area contributed by atoms with Crippen LogP contribution in [0, 0.1) is 24.4 Å². The van der Waals surface area contributed by atoms with E-state index < -0.39 is 23.4 Å². The van der Waals surface area contributed by atoms with Crippen LogP contribution in [0.25, 0.3) is 21.8 Å². The number of aromatic nitrogens is 1. The summed E-state index contributed by atoms with van der Waals surface area (Å²) in [5.74, 6) is -4.52. The third-order valence-electron chi connectivity index (χ3n) is 4.70. The van der Waals surface area contributed by atoms with Gasteiger partial charge in [0, 0.05) is 28.4 Å². The van der Waals surface area contributed by atoms with Gasteiger partial charge >= 0.3 is 0 Å². The summed E-state index contributed by atoms with van der Waals surface area (Å²) in [5, 5.41) is 1.50. The number of amides is 1.